The molecule has 19 heavy (non-hydrogen) atoms. The minimum Gasteiger partial charge on any atom is -0.495 e. The Kier molecular flexibility index (Phi) is 4.58. The first-order chi connectivity index (χ1) is 9.15. The maximum absolute atomic E-state index is 13.5. The van der Waals surface area contributed by atoms with Crippen molar-refractivity contribution in [2.24, 2.45) is 5.92 Å². The van der Waals surface area contributed by atoms with E-state index in [1.54, 1.807) is 7.11 Å². The van der Waals surface area contributed by atoms with Gasteiger partial charge in [-0.3, -0.25) is 4.79 Å². The van der Waals surface area contributed by atoms with Crippen LogP contribution < -0.4 is 10.3 Å². The van der Waals surface area contributed by atoms with Crippen LogP contribution in [0, 0.1) is 11.7 Å². The van der Waals surface area contributed by atoms with Crippen LogP contribution in [-0.4, -0.2) is 24.9 Å². The Morgan fingerprint density at radius 2 is 2.11 bits per heavy atom. The fourth-order valence-corrected chi connectivity index (χ4v) is 2.76. The molecule has 1 unspecified atom stereocenters. The summed E-state index contributed by atoms with van der Waals surface area (Å²) in [5, 5.41) is 0. The molecule has 0 saturated heterocycles. The number of halogens is 1. The summed E-state index contributed by atoms with van der Waals surface area (Å²) in [5.41, 5.74) is -0.624. The van der Waals surface area contributed by atoms with E-state index in [9.17, 15) is 9.18 Å². The molecule has 1 aromatic rings. The van der Waals surface area contributed by atoms with Crippen LogP contribution in [0.15, 0.2) is 17.1 Å². The summed E-state index contributed by atoms with van der Waals surface area (Å²) >= 11 is 0. The molecule has 1 aliphatic rings. The lowest BCUT2D eigenvalue weighted by molar-refractivity contribution is 0.0396. The van der Waals surface area contributed by atoms with E-state index < -0.39 is 11.4 Å². The molecule has 0 aliphatic heterocycles. The highest BCUT2D eigenvalue weighted by Crippen LogP contribution is 2.29. The minimum absolute atomic E-state index is 0.0493. The molecule has 1 aromatic heterocycles. The highest BCUT2D eigenvalue weighted by atomic mass is 19.1. The Labute approximate surface area is 112 Å². The summed E-state index contributed by atoms with van der Waals surface area (Å²) in [5.74, 6) is 0.00478. The molecule has 0 bridgehead atoms. The number of pyridine rings is 1. The van der Waals surface area contributed by atoms with Gasteiger partial charge in [0, 0.05) is 19.4 Å². The van der Waals surface area contributed by atoms with Crippen LogP contribution in [0.3, 0.4) is 0 Å². The van der Waals surface area contributed by atoms with Crippen molar-refractivity contribution in [1.82, 2.24) is 4.57 Å². The number of rotatable bonds is 5. The fraction of sp³-hybridized carbons (Fsp3) is 0.643. The van der Waals surface area contributed by atoms with E-state index in [1.165, 1.54) is 30.7 Å². The van der Waals surface area contributed by atoms with Crippen LogP contribution in [-0.2, 0) is 11.3 Å². The zero-order chi connectivity index (χ0) is 13.8. The highest BCUT2D eigenvalue weighted by Gasteiger charge is 2.25. The molecule has 0 amide bonds. The Morgan fingerprint density at radius 1 is 1.42 bits per heavy atom. The van der Waals surface area contributed by atoms with E-state index in [1.807, 2.05) is 0 Å². The summed E-state index contributed by atoms with van der Waals surface area (Å²) in [7, 11) is 3.10. The molecule has 2 rings (SSSR count). The second-order valence-corrected chi connectivity index (χ2v) is 5.00. The average molecular weight is 269 g/mol. The van der Waals surface area contributed by atoms with Gasteiger partial charge in [-0.05, 0) is 18.8 Å². The second-order valence-electron chi connectivity index (χ2n) is 5.00. The summed E-state index contributed by atoms with van der Waals surface area (Å²) in [4.78, 5) is 11.8. The lowest BCUT2D eigenvalue weighted by atomic mass is 10.0. The van der Waals surface area contributed by atoms with E-state index >= 15 is 0 Å². The average Bonchev–Trinajstić information content (AvgIpc) is 2.94. The normalized spacial score (nSPS) is 17.6. The smallest absolute Gasteiger partial charge is 0.286 e. The van der Waals surface area contributed by atoms with Gasteiger partial charge < -0.3 is 14.0 Å². The third-order valence-corrected chi connectivity index (χ3v) is 3.86. The highest BCUT2D eigenvalue weighted by molar-refractivity contribution is 5.18. The van der Waals surface area contributed by atoms with Crippen molar-refractivity contribution in [1.29, 1.82) is 0 Å². The summed E-state index contributed by atoms with van der Waals surface area (Å²) in [6, 6.07) is 1.11. The number of ether oxygens (including phenoxy) is 2. The first kappa shape index (κ1) is 14.1. The van der Waals surface area contributed by atoms with Crippen LogP contribution >= 0.6 is 0 Å². The molecule has 0 spiro atoms. The van der Waals surface area contributed by atoms with Crippen molar-refractivity contribution in [3.63, 3.8) is 0 Å². The standard InChI is InChI=1S/C14H20FNO3/c1-18-11-7-12(15)14(17)16(8-11)9-13(19-2)10-5-3-4-6-10/h7-8,10,13H,3-6,9H2,1-2H3. The molecule has 106 valence electrons. The largest absolute Gasteiger partial charge is 0.495 e. The quantitative estimate of drug-likeness (QED) is 0.822. The van der Waals surface area contributed by atoms with Gasteiger partial charge in [-0.25, -0.2) is 4.39 Å². The molecular weight excluding hydrogens is 249 g/mol. The third-order valence-electron chi connectivity index (χ3n) is 3.86. The molecule has 5 heteroatoms. The topological polar surface area (TPSA) is 40.5 Å². The van der Waals surface area contributed by atoms with E-state index in [4.69, 9.17) is 9.47 Å². The van der Waals surface area contributed by atoms with Crippen molar-refractivity contribution in [3.05, 3.63) is 28.4 Å². The van der Waals surface area contributed by atoms with Gasteiger partial charge in [0.2, 0.25) is 0 Å². The summed E-state index contributed by atoms with van der Waals surface area (Å²) in [6.07, 6.45) is 6.11. The molecule has 0 radical (unpaired) electrons. The van der Waals surface area contributed by atoms with Crippen LogP contribution in [0.25, 0.3) is 0 Å². The fourth-order valence-electron chi connectivity index (χ4n) is 2.76. The number of nitrogens with zero attached hydrogens (tertiary/aromatic N) is 1. The Bertz CT molecular complexity index is 480. The molecule has 4 nitrogen and oxygen atoms in total. The van der Waals surface area contributed by atoms with Gasteiger partial charge in [0.15, 0.2) is 5.82 Å². The number of hydrogen-bond acceptors (Lipinski definition) is 3. The monoisotopic (exact) mass is 269 g/mol. The van der Waals surface area contributed by atoms with Gasteiger partial charge in [0.05, 0.1) is 19.8 Å². The lowest BCUT2D eigenvalue weighted by Crippen LogP contribution is -2.32. The molecule has 1 saturated carbocycles. The predicted octanol–water partition coefficient (Wildman–Crippen LogP) is 2.20. The van der Waals surface area contributed by atoms with Gasteiger partial charge in [0.25, 0.3) is 5.56 Å². The van der Waals surface area contributed by atoms with Gasteiger partial charge in [-0.15, -0.1) is 0 Å². The third kappa shape index (κ3) is 3.15. The van der Waals surface area contributed by atoms with Crippen LogP contribution in [0.4, 0.5) is 4.39 Å². The molecule has 1 atom stereocenters. The van der Waals surface area contributed by atoms with Crippen molar-refractivity contribution in [3.8, 4) is 5.75 Å². The zero-order valence-electron chi connectivity index (χ0n) is 11.4. The Balaban J connectivity index is 2.20. The van der Waals surface area contributed by atoms with Crippen molar-refractivity contribution >= 4 is 0 Å². The summed E-state index contributed by atoms with van der Waals surface area (Å²) in [6.45, 7) is 0.369. The summed E-state index contributed by atoms with van der Waals surface area (Å²) < 4.78 is 25.3. The Morgan fingerprint density at radius 3 is 2.68 bits per heavy atom. The molecular formula is C14H20FNO3. The first-order valence-electron chi connectivity index (χ1n) is 6.62. The van der Waals surface area contributed by atoms with E-state index in [2.05, 4.69) is 0 Å². The first-order valence-corrected chi connectivity index (χ1v) is 6.62. The van der Waals surface area contributed by atoms with Gasteiger partial charge in [-0.1, -0.05) is 12.8 Å². The second kappa shape index (κ2) is 6.19. The SMILES string of the molecule is COc1cc(F)c(=O)n(CC(OC)C2CCCC2)c1. The van der Waals surface area contributed by atoms with Crippen molar-refractivity contribution in [2.45, 2.75) is 38.3 Å². The van der Waals surface area contributed by atoms with Crippen LogP contribution in [0.1, 0.15) is 25.7 Å². The molecule has 1 aliphatic carbocycles. The number of methoxy groups -OCH3 is 2. The van der Waals surface area contributed by atoms with Crippen LogP contribution in [0.5, 0.6) is 5.75 Å². The van der Waals surface area contributed by atoms with Crippen molar-refractivity contribution in [2.75, 3.05) is 14.2 Å². The van der Waals surface area contributed by atoms with E-state index in [-0.39, 0.29) is 6.10 Å². The molecule has 0 N–H and O–H groups in total. The molecule has 1 fully saturated rings. The van der Waals surface area contributed by atoms with E-state index in [0.29, 0.717) is 18.2 Å². The molecule has 1 heterocycles. The van der Waals surface area contributed by atoms with Gasteiger partial charge in [-0.2, -0.15) is 0 Å². The minimum atomic E-state index is -0.791. The zero-order valence-corrected chi connectivity index (χ0v) is 11.4. The van der Waals surface area contributed by atoms with Crippen molar-refractivity contribution < 1.29 is 13.9 Å². The molecule has 0 aromatic carbocycles. The number of hydrogen-bond donors (Lipinski definition) is 0. The maximum atomic E-state index is 13.5. The van der Waals surface area contributed by atoms with Gasteiger partial charge >= 0.3 is 0 Å². The van der Waals surface area contributed by atoms with Gasteiger partial charge in [0.1, 0.15) is 5.75 Å². The van der Waals surface area contributed by atoms with E-state index in [0.717, 1.165) is 18.9 Å². The predicted molar refractivity (Wildman–Crippen MR) is 70.0 cm³/mol. The Hall–Kier alpha value is -1.36. The van der Waals surface area contributed by atoms with Crippen LogP contribution in [0.2, 0.25) is 0 Å². The maximum Gasteiger partial charge on any atom is 0.286 e. The lowest BCUT2D eigenvalue weighted by Gasteiger charge is -2.23. The number of aromatic nitrogens is 1.